The van der Waals surface area contributed by atoms with Crippen molar-refractivity contribution in [2.75, 3.05) is 44.2 Å². The highest BCUT2D eigenvalue weighted by Crippen LogP contribution is 2.22. The predicted octanol–water partition coefficient (Wildman–Crippen LogP) is 2.04. The van der Waals surface area contributed by atoms with Gasteiger partial charge in [0, 0.05) is 37.1 Å². The Hall–Kier alpha value is -3.87. The number of aromatic nitrogens is 1. The molecule has 11 nitrogen and oxygen atoms in total. The molecule has 2 aliphatic rings. The van der Waals surface area contributed by atoms with Gasteiger partial charge in [-0.3, -0.25) is 19.4 Å². The van der Waals surface area contributed by atoms with Gasteiger partial charge in [-0.15, -0.1) is 0 Å². The fourth-order valence-electron chi connectivity index (χ4n) is 5.66. The van der Waals surface area contributed by atoms with Crippen molar-refractivity contribution in [1.29, 1.82) is 0 Å². The lowest BCUT2D eigenvalue weighted by molar-refractivity contribution is -0.137. The summed E-state index contributed by atoms with van der Waals surface area (Å²) >= 11 is 0. The van der Waals surface area contributed by atoms with E-state index in [1.807, 2.05) is 24.3 Å². The van der Waals surface area contributed by atoms with E-state index in [-0.39, 0.29) is 29.2 Å². The molecule has 2 aromatic carbocycles. The molecule has 3 aromatic rings. The van der Waals surface area contributed by atoms with Crippen molar-refractivity contribution in [2.45, 2.75) is 43.0 Å². The average Bonchev–Trinajstić information content (AvgIpc) is 3.06. The van der Waals surface area contributed by atoms with Crippen molar-refractivity contribution >= 4 is 44.2 Å². The van der Waals surface area contributed by atoms with E-state index in [9.17, 15) is 22.8 Å². The van der Waals surface area contributed by atoms with Crippen LogP contribution in [0.25, 0.3) is 10.8 Å². The number of hydrogen-bond acceptors (Lipinski definition) is 7. The number of anilines is 1. The zero-order valence-corrected chi connectivity index (χ0v) is 24.9. The van der Waals surface area contributed by atoms with Gasteiger partial charge in [-0.1, -0.05) is 30.3 Å². The van der Waals surface area contributed by atoms with Gasteiger partial charge in [-0.2, -0.15) is 0 Å². The molecule has 1 unspecified atom stereocenters. The molecule has 3 heterocycles. The van der Waals surface area contributed by atoms with Crippen LogP contribution in [0.4, 0.5) is 5.69 Å². The normalized spacial score (nSPS) is 16.9. The van der Waals surface area contributed by atoms with E-state index in [2.05, 4.69) is 20.3 Å². The first-order valence-corrected chi connectivity index (χ1v) is 16.3. The van der Waals surface area contributed by atoms with Gasteiger partial charge in [0.25, 0.3) is 0 Å². The summed E-state index contributed by atoms with van der Waals surface area (Å²) in [6.45, 7) is 1.95. The highest BCUT2D eigenvalue weighted by Gasteiger charge is 2.34. The summed E-state index contributed by atoms with van der Waals surface area (Å²) in [6, 6.07) is 14.5. The van der Waals surface area contributed by atoms with Crippen molar-refractivity contribution in [2.24, 2.45) is 5.92 Å². The zero-order valence-electron chi connectivity index (χ0n) is 24.1. The summed E-state index contributed by atoms with van der Waals surface area (Å²) in [5.41, 5.74) is 0.584. The average molecular weight is 607 g/mol. The Bertz CT molecular complexity index is 1540. The molecular formula is C31H38N6O5S. The molecule has 1 aromatic heterocycles. The Morgan fingerprint density at radius 3 is 2.37 bits per heavy atom. The van der Waals surface area contributed by atoms with Gasteiger partial charge in [0.15, 0.2) is 0 Å². The first-order chi connectivity index (χ1) is 20.8. The number of fused-ring (bicyclic) bond motifs is 1. The largest absolute Gasteiger partial charge is 0.342 e. The zero-order chi connectivity index (χ0) is 30.2. The number of carbonyl (C=O) groups is 3. The molecule has 228 valence electrons. The molecular weight excluding hydrogens is 568 g/mol. The van der Waals surface area contributed by atoms with Gasteiger partial charge in [-0.25, -0.2) is 13.1 Å². The number of amides is 3. The number of nitrogens with zero attached hydrogens (tertiary/aromatic N) is 3. The van der Waals surface area contributed by atoms with Crippen LogP contribution < -0.4 is 20.3 Å². The molecule has 5 rings (SSSR count). The molecule has 43 heavy (non-hydrogen) atoms. The van der Waals surface area contributed by atoms with E-state index in [0.29, 0.717) is 31.6 Å². The number of carbonyl (C=O) groups excluding carboxylic acids is 3. The lowest BCUT2D eigenvalue weighted by Crippen LogP contribution is -2.57. The van der Waals surface area contributed by atoms with Gasteiger partial charge < -0.3 is 20.4 Å². The summed E-state index contributed by atoms with van der Waals surface area (Å²) in [6.07, 6.45) is 7.26. The molecule has 0 spiro atoms. The van der Waals surface area contributed by atoms with E-state index in [4.69, 9.17) is 0 Å². The first-order valence-electron chi connectivity index (χ1n) is 14.8. The quantitative estimate of drug-likeness (QED) is 0.321. The maximum absolute atomic E-state index is 13.8. The second-order valence-electron chi connectivity index (χ2n) is 11.0. The Kier molecular flexibility index (Phi) is 10.0. The van der Waals surface area contributed by atoms with Crippen LogP contribution in [0.1, 0.15) is 32.1 Å². The van der Waals surface area contributed by atoms with Gasteiger partial charge in [-0.05, 0) is 80.2 Å². The predicted molar refractivity (Wildman–Crippen MR) is 164 cm³/mol. The van der Waals surface area contributed by atoms with Crippen LogP contribution >= 0.6 is 0 Å². The minimum absolute atomic E-state index is 0.0383. The Balaban J connectivity index is 1.33. The number of piperidine rings is 2. The summed E-state index contributed by atoms with van der Waals surface area (Å²) in [5, 5.41) is 7.68. The SMILES string of the molecule is O=C(CNS(=O)(=O)c1ccc2ccccc2c1)NC(CN(C(=O)C1CCNCC1)c1ccncc1)C(=O)N1CCCCC1. The van der Waals surface area contributed by atoms with Crippen molar-refractivity contribution in [3.8, 4) is 0 Å². The molecule has 2 fully saturated rings. The summed E-state index contributed by atoms with van der Waals surface area (Å²) in [4.78, 5) is 48.1. The van der Waals surface area contributed by atoms with E-state index in [1.165, 1.54) is 6.07 Å². The summed E-state index contributed by atoms with van der Waals surface area (Å²) in [7, 11) is -4.00. The van der Waals surface area contributed by atoms with Crippen molar-refractivity contribution in [1.82, 2.24) is 25.2 Å². The molecule has 3 amide bonds. The van der Waals surface area contributed by atoms with Crippen molar-refractivity contribution in [3.63, 3.8) is 0 Å². The summed E-state index contributed by atoms with van der Waals surface area (Å²) in [5.74, 6) is -1.29. The van der Waals surface area contributed by atoms with Gasteiger partial charge >= 0.3 is 0 Å². The Morgan fingerprint density at radius 2 is 1.65 bits per heavy atom. The topological polar surface area (TPSA) is 141 Å². The maximum Gasteiger partial charge on any atom is 0.247 e. The molecule has 0 aliphatic carbocycles. The second kappa shape index (κ2) is 14.1. The molecule has 0 radical (unpaired) electrons. The molecule has 2 aliphatic heterocycles. The Morgan fingerprint density at radius 1 is 0.953 bits per heavy atom. The second-order valence-corrected chi connectivity index (χ2v) is 12.8. The standard InChI is InChI=1S/C31H38N6O5S/c38-29(21-34-43(41,42)27-9-8-23-6-2-3-7-25(23)20-27)35-28(31(40)36-18-4-1-5-19-36)22-37(26-12-16-33-17-13-26)30(39)24-10-14-32-15-11-24/h2-3,6-9,12-13,16-17,20,24,28,32,34H,1,4-5,10-11,14-15,18-19,21-22H2,(H,35,38). The maximum atomic E-state index is 13.8. The van der Waals surface area contributed by atoms with Crippen LogP contribution in [0, 0.1) is 5.92 Å². The number of hydrogen-bond donors (Lipinski definition) is 3. The fourth-order valence-corrected chi connectivity index (χ4v) is 6.68. The van der Waals surface area contributed by atoms with E-state index >= 15 is 0 Å². The third-order valence-electron chi connectivity index (χ3n) is 8.05. The van der Waals surface area contributed by atoms with Gasteiger partial charge in [0.05, 0.1) is 18.0 Å². The molecule has 3 N–H and O–H groups in total. The van der Waals surface area contributed by atoms with Crippen LogP contribution in [0.3, 0.4) is 0 Å². The molecule has 0 bridgehead atoms. The minimum atomic E-state index is -4.00. The van der Waals surface area contributed by atoms with Crippen LogP contribution in [0.2, 0.25) is 0 Å². The van der Waals surface area contributed by atoms with Crippen LogP contribution in [-0.4, -0.2) is 81.3 Å². The number of rotatable bonds is 10. The van der Waals surface area contributed by atoms with E-state index in [1.54, 1.807) is 46.5 Å². The lowest BCUT2D eigenvalue weighted by Gasteiger charge is -2.35. The third-order valence-corrected chi connectivity index (χ3v) is 9.45. The van der Waals surface area contributed by atoms with E-state index in [0.717, 1.165) is 43.1 Å². The molecule has 2 saturated heterocycles. The summed E-state index contributed by atoms with van der Waals surface area (Å²) < 4.78 is 28.5. The lowest BCUT2D eigenvalue weighted by atomic mass is 9.96. The number of nitrogens with one attached hydrogen (secondary N) is 3. The van der Waals surface area contributed by atoms with Gasteiger partial charge in [0.2, 0.25) is 27.7 Å². The smallest absolute Gasteiger partial charge is 0.247 e. The van der Waals surface area contributed by atoms with Crippen LogP contribution in [-0.2, 0) is 24.4 Å². The number of pyridine rings is 1. The number of benzene rings is 2. The molecule has 0 saturated carbocycles. The fraction of sp³-hybridized carbons (Fsp3) is 0.419. The van der Waals surface area contributed by atoms with E-state index < -0.39 is 28.5 Å². The van der Waals surface area contributed by atoms with Crippen LogP contribution in [0.5, 0.6) is 0 Å². The highest BCUT2D eigenvalue weighted by atomic mass is 32.2. The van der Waals surface area contributed by atoms with Crippen LogP contribution in [0.15, 0.2) is 71.9 Å². The van der Waals surface area contributed by atoms with Crippen molar-refractivity contribution in [3.05, 3.63) is 67.0 Å². The third kappa shape index (κ3) is 7.75. The first kappa shape index (κ1) is 30.6. The molecule has 12 heteroatoms. The van der Waals surface area contributed by atoms with Crippen molar-refractivity contribution < 1.29 is 22.8 Å². The number of likely N-dealkylation sites (tertiary alicyclic amines) is 1. The Labute approximate surface area is 252 Å². The monoisotopic (exact) mass is 606 g/mol. The number of sulfonamides is 1. The van der Waals surface area contributed by atoms with Gasteiger partial charge in [0.1, 0.15) is 6.04 Å². The highest BCUT2D eigenvalue weighted by molar-refractivity contribution is 7.89. The molecule has 1 atom stereocenters. The minimum Gasteiger partial charge on any atom is -0.342 e.